The summed E-state index contributed by atoms with van der Waals surface area (Å²) in [7, 11) is 0. The van der Waals surface area contributed by atoms with E-state index in [-0.39, 0.29) is 11.3 Å². The second-order valence-electron chi connectivity index (χ2n) is 7.05. The van der Waals surface area contributed by atoms with Gasteiger partial charge in [-0.25, -0.2) is 0 Å². The molecular weight excluding hydrogens is 318 g/mol. The third-order valence-electron chi connectivity index (χ3n) is 4.33. The Hall–Kier alpha value is -1.80. The number of halogens is 1. The average molecular weight is 344 g/mol. The molecule has 0 unspecified atom stereocenters. The van der Waals surface area contributed by atoms with Crippen molar-refractivity contribution in [1.82, 2.24) is 0 Å². The van der Waals surface area contributed by atoms with Gasteiger partial charge in [-0.15, -0.1) is 0 Å². The summed E-state index contributed by atoms with van der Waals surface area (Å²) in [6.45, 7) is 10.6. The van der Waals surface area contributed by atoms with Crippen LogP contribution in [-0.4, -0.2) is 5.91 Å². The molecule has 0 atom stereocenters. The number of benzene rings is 2. The zero-order valence-corrected chi connectivity index (χ0v) is 15.9. The minimum atomic E-state index is -0.0953. The third-order valence-corrected chi connectivity index (χ3v) is 4.68. The van der Waals surface area contributed by atoms with Crippen LogP contribution in [0.25, 0.3) is 0 Å². The SMILES string of the molecule is CCc1ccc(Cl)c(CC)c1NC(=O)c1ccc(C(C)(C)C)cc1. The Bertz CT molecular complexity index is 727. The first-order chi connectivity index (χ1) is 11.3. The lowest BCUT2D eigenvalue weighted by Gasteiger charge is -2.19. The number of carbonyl (C=O) groups is 1. The van der Waals surface area contributed by atoms with Crippen LogP contribution in [-0.2, 0) is 18.3 Å². The molecule has 0 bridgehead atoms. The third kappa shape index (κ3) is 3.99. The molecule has 0 aliphatic heterocycles. The highest BCUT2D eigenvalue weighted by atomic mass is 35.5. The molecule has 0 aromatic heterocycles. The number of aryl methyl sites for hydroxylation is 1. The summed E-state index contributed by atoms with van der Waals surface area (Å²) in [6.07, 6.45) is 1.63. The Balaban J connectivity index is 2.31. The maximum atomic E-state index is 12.7. The Kier molecular flexibility index (Phi) is 5.71. The van der Waals surface area contributed by atoms with Crippen molar-refractivity contribution in [3.8, 4) is 0 Å². The summed E-state index contributed by atoms with van der Waals surface area (Å²) in [4.78, 5) is 12.7. The second-order valence-corrected chi connectivity index (χ2v) is 7.46. The molecule has 1 amide bonds. The van der Waals surface area contributed by atoms with E-state index >= 15 is 0 Å². The molecule has 0 saturated heterocycles. The van der Waals surface area contributed by atoms with Crippen LogP contribution >= 0.6 is 11.6 Å². The van der Waals surface area contributed by atoms with E-state index in [4.69, 9.17) is 11.6 Å². The van der Waals surface area contributed by atoms with Crippen molar-refractivity contribution in [2.24, 2.45) is 0 Å². The minimum Gasteiger partial charge on any atom is -0.321 e. The van der Waals surface area contributed by atoms with Gasteiger partial charge in [0.2, 0.25) is 0 Å². The number of amides is 1. The Labute approximate surface area is 150 Å². The molecule has 0 saturated carbocycles. The fourth-order valence-electron chi connectivity index (χ4n) is 2.77. The van der Waals surface area contributed by atoms with Crippen LogP contribution in [0.5, 0.6) is 0 Å². The number of hydrogen-bond acceptors (Lipinski definition) is 1. The molecule has 0 aliphatic carbocycles. The number of hydrogen-bond donors (Lipinski definition) is 1. The molecule has 0 spiro atoms. The number of nitrogens with one attached hydrogen (secondary N) is 1. The predicted octanol–water partition coefficient (Wildman–Crippen LogP) is 6.01. The zero-order valence-electron chi connectivity index (χ0n) is 15.2. The molecule has 0 radical (unpaired) electrons. The summed E-state index contributed by atoms with van der Waals surface area (Å²) in [5, 5.41) is 3.77. The highest BCUT2D eigenvalue weighted by Crippen LogP contribution is 2.30. The molecular formula is C21H26ClNO. The average Bonchev–Trinajstić information content (AvgIpc) is 2.54. The molecule has 3 heteroatoms. The van der Waals surface area contributed by atoms with Crippen molar-refractivity contribution in [1.29, 1.82) is 0 Å². The molecule has 128 valence electrons. The van der Waals surface area contributed by atoms with Gasteiger partial charge in [-0.3, -0.25) is 4.79 Å². The monoisotopic (exact) mass is 343 g/mol. The smallest absolute Gasteiger partial charge is 0.255 e. The summed E-state index contributed by atoms with van der Waals surface area (Å²) >= 11 is 6.31. The van der Waals surface area contributed by atoms with Crippen LogP contribution in [0.4, 0.5) is 5.69 Å². The highest BCUT2D eigenvalue weighted by Gasteiger charge is 2.16. The van der Waals surface area contributed by atoms with E-state index in [2.05, 4.69) is 39.9 Å². The Morgan fingerprint density at radius 3 is 2.12 bits per heavy atom. The first-order valence-electron chi connectivity index (χ1n) is 8.50. The largest absolute Gasteiger partial charge is 0.321 e. The van der Waals surface area contributed by atoms with Gasteiger partial charge in [0.1, 0.15) is 0 Å². The van der Waals surface area contributed by atoms with E-state index in [0.717, 1.165) is 29.7 Å². The van der Waals surface area contributed by atoms with Gasteiger partial charge < -0.3 is 5.32 Å². The molecule has 24 heavy (non-hydrogen) atoms. The van der Waals surface area contributed by atoms with Gasteiger partial charge in [0.05, 0.1) is 0 Å². The van der Waals surface area contributed by atoms with E-state index in [1.54, 1.807) is 0 Å². The normalized spacial score (nSPS) is 11.4. The lowest BCUT2D eigenvalue weighted by molar-refractivity contribution is 0.102. The summed E-state index contributed by atoms with van der Waals surface area (Å²) in [5.74, 6) is -0.0953. The van der Waals surface area contributed by atoms with Crippen LogP contribution in [0, 0.1) is 0 Å². The van der Waals surface area contributed by atoms with Gasteiger partial charge in [0.15, 0.2) is 0 Å². The summed E-state index contributed by atoms with van der Waals surface area (Å²) in [5.41, 5.74) is 4.91. The lowest BCUT2D eigenvalue weighted by atomic mass is 9.86. The van der Waals surface area contributed by atoms with Gasteiger partial charge in [-0.1, -0.05) is 64.4 Å². The second kappa shape index (κ2) is 7.40. The Morgan fingerprint density at radius 2 is 1.62 bits per heavy atom. The molecule has 0 aliphatic rings. The van der Waals surface area contributed by atoms with Crippen LogP contribution in [0.1, 0.15) is 61.7 Å². The van der Waals surface area contributed by atoms with Gasteiger partial charge in [-0.05, 0) is 53.1 Å². The lowest BCUT2D eigenvalue weighted by Crippen LogP contribution is -2.16. The zero-order chi connectivity index (χ0) is 17.9. The highest BCUT2D eigenvalue weighted by molar-refractivity contribution is 6.32. The van der Waals surface area contributed by atoms with Crippen molar-refractivity contribution in [2.45, 2.75) is 52.9 Å². The quantitative estimate of drug-likeness (QED) is 0.723. The topological polar surface area (TPSA) is 29.1 Å². The standard InChI is InChI=1S/C21H26ClNO/c1-6-14-10-13-18(22)17(7-2)19(14)23-20(24)15-8-11-16(12-9-15)21(3,4)5/h8-13H,6-7H2,1-5H3,(H,23,24). The van der Waals surface area contributed by atoms with Crippen molar-refractivity contribution >= 4 is 23.2 Å². The van der Waals surface area contributed by atoms with E-state index < -0.39 is 0 Å². The van der Waals surface area contributed by atoms with Crippen molar-refractivity contribution in [3.63, 3.8) is 0 Å². The summed E-state index contributed by atoms with van der Waals surface area (Å²) < 4.78 is 0. The van der Waals surface area contributed by atoms with E-state index in [1.165, 1.54) is 5.56 Å². The van der Waals surface area contributed by atoms with E-state index in [1.807, 2.05) is 36.4 Å². The van der Waals surface area contributed by atoms with Crippen LogP contribution in [0.2, 0.25) is 5.02 Å². The fraction of sp³-hybridized carbons (Fsp3) is 0.381. The van der Waals surface area contributed by atoms with Crippen LogP contribution in [0.15, 0.2) is 36.4 Å². The number of anilines is 1. The molecule has 2 rings (SSSR count). The summed E-state index contributed by atoms with van der Waals surface area (Å²) in [6, 6.07) is 11.7. The molecule has 2 aromatic carbocycles. The molecule has 0 heterocycles. The maximum absolute atomic E-state index is 12.7. The molecule has 0 fully saturated rings. The van der Waals surface area contributed by atoms with Gasteiger partial charge in [-0.2, -0.15) is 0 Å². The van der Waals surface area contributed by atoms with E-state index in [9.17, 15) is 4.79 Å². The maximum Gasteiger partial charge on any atom is 0.255 e. The molecule has 2 nitrogen and oxygen atoms in total. The predicted molar refractivity (Wildman–Crippen MR) is 103 cm³/mol. The van der Waals surface area contributed by atoms with Crippen molar-refractivity contribution in [3.05, 3.63) is 63.7 Å². The Morgan fingerprint density at radius 1 is 1.00 bits per heavy atom. The van der Waals surface area contributed by atoms with Gasteiger partial charge >= 0.3 is 0 Å². The van der Waals surface area contributed by atoms with Crippen molar-refractivity contribution < 1.29 is 4.79 Å². The van der Waals surface area contributed by atoms with Crippen molar-refractivity contribution in [2.75, 3.05) is 5.32 Å². The minimum absolute atomic E-state index is 0.0761. The van der Waals surface area contributed by atoms with Crippen LogP contribution in [0.3, 0.4) is 0 Å². The first kappa shape index (κ1) is 18.5. The van der Waals surface area contributed by atoms with Crippen LogP contribution < -0.4 is 5.32 Å². The first-order valence-corrected chi connectivity index (χ1v) is 8.87. The number of rotatable bonds is 4. The van der Waals surface area contributed by atoms with Gasteiger partial charge in [0.25, 0.3) is 5.91 Å². The fourth-order valence-corrected chi connectivity index (χ4v) is 3.07. The molecule has 2 aromatic rings. The molecule has 1 N–H and O–H groups in total. The van der Waals surface area contributed by atoms with E-state index in [0.29, 0.717) is 10.6 Å². The number of carbonyl (C=O) groups excluding carboxylic acids is 1. The van der Waals surface area contributed by atoms with Gasteiger partial charge in [0, 0.05) is 16.3 Å².